The molecular weight excluding hydrogens is 534 g/mol. The largest absolute Gasteiger partial charge is 0.497 e. The Kier molecular flexibility index (Phi) is 8.01. The summed E-state index contributed by atoms with van der Waals surface area (Å²) in [5, 5.41) is 4.03. The predicted molar refractivity (Wildman–Crippen MR) is 156 cm³/mol. The molecule has 0 saturated carbocycles. The zero-order valence-electron chi connectivity index (χ0n) is 21.9. The lowest BCUT2D eigenvalue weighted by Crippen LogP contribution is -2.48. The number of nitrogens with one attached hydrogen (secondary N) is 2. The number of benzene rings is 3. The first-order valence-electron chi connectivity index (χ1n) is 12.7. The zero-order valence-corrected chi connectivity index (χ0v) is 23.5. The molecule has 1 fully saturated rings. The van der Waals surface area contributed by atoms with Crippen molar-refractivity contribution in [2.45, 2.75) is 11.8 Å². The van der Waals surface area contributed by atoms with Crippen molar-refractivity contribution in [1.82, 2.24) is 15.2 Å². The highest BCUT2D eigenvalue weighted by Gasteiger charge is 2.20. The van der Waals surface area contributed by atoms with E-state index in [1.807, 2.05) is 0 Å². The van der Waals surface area contributed by atoms with Gasteiger partial charge >= 0.3 is 0 Å². The lowest BCUT2D eigenvalue weighted by Gasteiger charge is -2.34. The molecule has 0 unspecified atom stereocenters. The van der Waals surface area contributed by atoms with E-state index in [1.165, 1.54) is 29.5 Å². The number of ether oxygens (including phenoxy) is 1. The molecule has 2 N–H and O–H groups in total. The molecule has 3 aromatic carbocycles. The fraction of sp³-hybridized carbons (Fsp3) is 0.286. The molecule has 0 bridgehead atoms. The van der Waals surface area contributed by atoms with Crippen LogP contribution in [0.2, 0.25) is 0 Å². The monoisotopic (exact) mass is 565 g/mol. The number of methoxy groups -OCH3 is 1. The molecule has 5 rings (SSSR count). The van der Waals surface area contributed by atoms with E-state index in [9.17, 15) is 13.2 Å². The van der Waals surface area contributed by atoms with Gasteiger partial charge in [0.15, 0.2) is 5.13 Å². The Bertz CT molecular complexity index is 1550. The third-order valence-corrected chi connectivity index (χ3v) is 9.13. The van der Waals surface area contributed by atoms with Crippen LogP contribution in [0.3, 0.4) is 0 Å². The van der Waals surface area contributed by atoms with Crippen LogP contribution in [0.4, 0.5) is 10.8 Å². The van der Waals surface area contributed by atoms with E-state index in [2.05, 4.69) is 45.0 Å². The Morgan fingerprint density at radius 1 is 1.00 bits per heavy atom. The maximum Gasteiger partial charge on any atom is 0.261 e. The second kappa shape index (κ2) is 11.6. The Balaban J connectivity index is 1.07. The fourth-order valence-corrected chi connectivity index (χ4v) is 6.58. The molecule has 39 heavy (non-hydrogen) atoms. The molecule has 9 nitrogen and oxygen atoms in total. The molecule has 11 heteroatoms. The number of aryl methyl sites for hydroxylation is 1. The van der Waals surface area contributed by atoms with Crippen molar-refractivity contribution in [3.05, 3.63) is 77.9 Å². The Labute approximate surface area is 232 Å². The molecule has 2 heterocycles. The van der Waals surface area contributed by atoms with Crippen molar-refractivity contribution in [1.29, 1.82) is 0 Å². The number of hydrogen-bond acceptors (Lipinski definition) is 8. The molecule has 1 aromatic heterocycles. The van der Waals surface area contributed by atoms with Crippen LogP contribution in [0.5, 0.6) is 5.75 Å². The van der Waals surface area contributed by atoms with Crippen LogP contribution in [0, 0.1) is 6.92 Å². The topological polar surface area (TPSA) is 104 Å². The van der Waals surface area contributed by atoms with Crippen LogP contribution in [-0.2, 0) is 10.0 Å². The molecule has 1 aliphatic heterocycles. The van der Waals surface area contributed by atoms with E-state index >= 15 is 0 Å². The first-order valence-corrected chi connectivity index (χ1v) is 15.0. The second-order valence-electron chi connectivity index (χ2n) is 9.41. The number of piperazine rings is 1. The lowest BCUT2D eigenvalue weighted by atomic mass is 10.2. The number of aromatic nitrogens is 1. The van der Waals surface area contributed by atoms with E-state index < -0.39 is 10.0 Å². The number of carbonyl (C=O) groups excluding carboxylic acids is 1. The van der Waals surface area contributed by atoms with Gasteiger partial charge in [0.2, 0.25) is 0 Å². The number of fused-ring (bicyclic) bond motifs is 1. The third kappa shape index (κ3) is 6.49. The minimum Gasteiger partial charge on any atom is -0.497 e. The zero-order chi connectivity index (χ0) is 27.4. The number of anilines is 2. The summed E-state index contributed by atoms with van der Waals surface area (Å²) < 4.78 is 34.1. The van der Waals surface area contributed by atoms with E-state index in [1.54, 1.807) is 47.7 Å². The van der Waals surface area contributed by atoms with E-state index in [-0.39, 0.29) is 10.8 Å². The molecule has 0 aliphatic carbocycles. The minimum absolute atomic E-state index is 0.126. The third-order valence-electron chi connectivity index (χ3n) is 6.66. The molecule has 1 saturated heterocycles. The van der Waals surface area contributed by atoms with Crippen LogP contribution in [-0.4, -0.2) is 70.6 Å². The number of hydrogen-bond donors (Lipinski definition) is 2. The summed E-state index contributed by atoms with van der Waals surface area (Å²) in [6.45, 7) is 7.02. The van der Waals surface area contributed by atoms with Crippen molar-refractivity contribution in [3.63, 3.8) is 0 Å². The number of rotatable bonds is 9. The van der Waals surface area contributed by atoms with Crippen LogP contribution >= 0.6 is 11.3 Å². The van der Waals surface area contributed by atoms with Gasteiger partial charge < -0.3 is 15.0 Å². The lowest BCUT2D eigenvalue weighted by molar-refractivity contribution is 0.0948. The van der Waals surface area contributed by atoms with E-state index in [0.717, 1.165) is 43.4 Å². The maximum atomic E-state index is 12.6. The van der Waals surface area contributed by atoms with Crippen LogP contribution < -0.4 is 19.7 Å². The summed E-state index contributed by atoms with van der Waals surface area (Å²) >= 11 is 1.74. The fourth-order valence-electron chi connectivity index (χ4n) is 4.41. The smallest absolute Gasteiger partial charge is 0.261 e. The quantitative estimate of drug-likeness (QED) is 0.317. The van der Waals surface area contributed by atoms with E-state index in [4.69, 9.17) is 9.72 Å². The average molecular weight is 566 g/mol. The molecular formula is C28H31N5O4S2. The highest BCUT2D eigenvalue weighted by Crippen LogP contribution is 2.30. The van der Waals surface area contributed by atoms with Gasteiger partial charge in [0.25, 0.3) is 15.9 Å². The van der Waals surface area contributed by atoms with Gasteiger partial charge in [0.1, 0.15) is 5.75 Å². The molecule has 4 aromatic rings. The molecule has 0 spiro atoms. The Morgan fingerprint density at radius 2 is 1.72 bits per heavy atom. The predicted octanol–water partition coefficient (Wildman–Crippen LogP) is 3.97. The Hall–Kier alpha value is -3.67. The summed E-state index contributed by atoms with van der Waals surface area (Å²) in [7, 11) is -2.23. The minimum atomic E-state index is -3.75. The number of sulfonamides is 1. The summed E-state index contributed by atoms with van der Waals surface area (Å²) in [5.74, 6) is 0.383. The number of amides is 1. The summed E-state index contributed by atoms with van der Waals surface area (Å²) in [6.07, 6.45) is 0. The van der Waals surface area contributed by atoms with Gasteiger partial charge in [-0.25, -0.2) is 13.4 Å². The first-order chi connectivity index (χ1) is 18.8. The van der Waals surface area contributed by atoms with Crippen molar-refractivity contribution in [2.24, 2.45) is 0 Å². The van der Waals surface area contributed by atoms with Crippen LogP contribution in [0.25, 0.3) is 10.2 Å². The highest BCUT2D eigenvalue weighted by molar-refractivity contribution is 7.92. The Morgan fingerprint density at radius 3 is 2.41 bits per heavy atom. The molecule has 0 radical (unpaired) electrons. The van der Waals surface area contributed by atoms with Gasteiger partial charge in [-0.05, 0) is 73.2 Å². The summed E-state index contributed by atoms with van der Waals surface area (Å²) in [4.78, 5) is 22.2. The van der Waals surface area contributed by atoms with Crippen molar-refractivity contribution < 1.29 is 17.9 Å². The van der Waals surface area contributed by atoms with Crippen molar-refractivity contribution in [2.75, 3.05) is 56.0 Å². The van der Waals surface area contributed by atoms with Crippen molar-refractivity contribution in [3.8, 4) is 5.75 Å². The van der Waals surface area contributed by atoms with Crippen molar-refractivity contribution >= 4 is 48.3 Å². The van der Waals surface area contributed by atoms with Crippen LogP contribution in [0.1, 0.15) is 15.9 Å². The maximum absolute atomic E-state index is 12.6. The van der Waals surface area contributed by atoms with Gasteiger partial charge in [0, 0.05) is 50.5 Å². The second-order valence-corrected chi connectivity index (χ2v) is 12.1. The molecule has 204 valence electrons. The van der Waals surface area contributed by atoms with Gasteiger partial charge in [0.05, 0.1) is 22.2 Å². The van der Waals surface area contributed by atoms with Gasteiger partial charge in [-0.2, -0.15) is 0 Å². The summed E-state index contributed by atoms with van der Waals surface area (Å²) in [6, 6.07) is 18.9. The number of carbonyl (C=O) groups is 1. The SMILES string of the molecule is COc1ccc(S(=O)(=O)Nc2ccc(C(=O)NCCN3CCN(c4nc5ccc(C)cc5s4)CC3)cc2)cc1. The normalized spacial score (nSPS) is 14.4. The first kappa shape index (κ1) is 26.9. The number of thiazole rings is 1. The molecule has 1 amide bonds. The van der Waals surface area contributed by atoms with Gasteiger partial charge in [-0.3, -0.25) is 14.4 Å². The van der Waals surface area contributed by atoms with Gasteiger partial charge in [-0.1, -0.05) is 17.4 Å². The molecule has 1 aliphatic rings. The number of nitrogens with zero attached hydrogens (tertiary/aromatic N) is 3. The molecule has 0 atom stereocenters. The average Bonchev–Trinajstić information content (AvgIpc) is 3.37. The van der Waals surface area contributed by atoms with E-state index in [0.29, 0.717) is 23.5 Å². The van der Waals surface area contributed by atoms with Crippen LogP contribution in [0.15, 0.2) is 71.6 Å². The standard InChI is InChI=1S/C28H31N5O4S2/c1-20-3-12-25-26(19-20)38-28(30-25)33-17-15-32(16-18-33)14-13-29-27(34)21-4-6-22(7-5-21)31-39(35,36)24-10-8-23(37-2)9-11-24/h3-12,19,31H,13-18H2,1-2H3,(H,29,34). The highest BCUT2D eigenvalue weighted by atomic mass is 32.2. The van der Waals surface area contributed by atoms with Gasteiger partial charge in [-0.15, -0.1) is 0 Å². The summed E-state index contributed by atoms with van der Waals surface area (Å²) in [5.41, 5.74) is 3.14.